The van der Waals surface area contributed by atoms with Crippen LogP contribution in [0.25, 0.3) is 0 Å². The van der Waals surface area contributed by atoms with Crippen molar-refractivity contribution in [3.8, 4) is 17.2 Å². The van der Waals surface area contributed by atoms with Crippen LogP contribution < -0.4 is 19.5 Å². The summed E-state index contributed by atoms with van der Waals surface area (Å²) in [5.74, 6) is 0.409. The van der Waals surface area contributed by atoms with Crippen LogP contribution in [0.3, 0.4) is 0 Å². The average molecular weight is 512 g/mol. The molecule has 194 valence electrons. The van der Waals surface area contributed by atoms with Crippen molar-refractivity contribution in [3.63, 3.8) is 0 Å². The highest BCUT2D eigenvalue weighted by atomic mass is 16.5. The van der Waals surface area contributed by atoms with E-state index in [0.29, 0.717) is 30.3 Å². The second-order valence-corrected chi connectivity index (χ2v) is 8.61. The summed E-state index contributed by atoms with van der Waals surface area (Å²) in [5.41, 5.74) is 3.06. The molecule has 0 bridgehead atoms. The van der Waals surface area contributed by atoms with Gasteiger partial charge in [-0.15, -0.1) is 0 Å². The third-order valence-corrected chi connectivity index (χ3v) is 5.92. The van der Waals surface area contributed by atoms with Gasteiger partial charge in [0, 0.05) is 17.5 Å². The molecule has 0 aliphatic carbocycles. The van der Waals surface area contributed by atoms with Crippen molar-refractivity contribution in [2.75, 3.05) is 7.11 Å². The molecule has 0 radical (unpaired) electrons. The number of ether oxygens (including phenoxy) is 3. The number of nitrogens with one attached hydrogen (secondary N) is 1. The normalized spacial score (nSPS) is 11.3. The lowest BCUT2D eigenvalue weighted by atomic mass is 10.1. The maximum Gasteiger partial charge on any atom is 0.326 e. The highest BCUT2D eigenvalue weighted by molar-refractivity contribution is 5.96. The second kappa shape index (κ2) is 13.0. The number of rotatable bonds is 12. The summed E-state index contributed by atoms with van der Waals surface area (Å²) in [6.07, 6.45) is 0.139. The molecule has 38 heavy (non-hydrogen) atoms. The Bertz CT molecular complexity index is 1340. The Kier molecular flexibility index (Phi) is 8.97. The van der Waals surface area contributed by atoms with Gasteiger partial charge < -0.3 is 24.6 Å². The Balaban J connectivity index is 1.30. The number of amides is 1. The fourth-order valence-corrected chi connectivity index (χ4v) is 3.83. The van der Waals surface area contributed by atoms with E-state index in [1.807, 2.05) is 54.6 Å². The molecule has 4 aromatic rings. The van der Waals surface area contributed by atoms with E-state index in [1.54, 1.807) is 55.6 Å². The van der Waals surface area contributed by atoms with Crippen molar-refractivity contribution < 1.29 is 28.9 Å². The molecule has 0 unspecified atom stereocenters. The number of para-hydroxylation sites is 1. The summed E-state index contributed by atoms with van der Waals surface area (Å²) in [6.45, 7) is 0.755. The van der Waals surface area contributed by atoms with Gasteiger partial charge in [0.2, 0.25) is 0 Å². The molecule has 0 saturated heterocycles. The number of benzene rings is 4. The maximum absolute atomic E-state index is 12.7. The van der Waals surface area contributed by atoms with Crippen LogP contribution in [0.4, 0.5) is 0 Å². The van der Waals surface area contributed by atoms with E-state index in [1.165, 1.54) is 0 Å². The van der Waals surface area contributed by atoms with Crippen LogP contribution >= 0.6 is 0 Å². The SMILES string of the molecule is COc1ccccc1COc1ccc(C(=O)N[C@@H](Cc2ccc(OCc3ccccc3)cc2)C(=O)O)cc1. The van der Waals surface area contributed by atoms with Crippen molar-refractivity contribution in [1.29, 1.82) is 0 Å². The largest absolute Gasteiger partial charge is 0.496 e. The van der Waals surface area contributed by atoms with Gasteiger partial charge in [-0.05, 0) is 53.6 Å². The minimum absolute atomic E-state index is 0.139. The van der Waals surface area contributed by atoms with Crippen LogP contribution in [0.2, 0.25) is 0 Å². The zero-order chi connectivity index (χ0) is 26.7. The van der Waals surface area contributed by atoms with E-state index in [0.717, 1.165) is 22.4 Å². The van der Waals surface area contributed by atoms with E-state index in [9.17, 15) is 14.7 Å². The first kappa shape index (κ1) is 26.3. The van der Waals surface area contributed by atoms with E-state index in [4.69, 9.17) is 14.2 Å². The quantitative estimate of drug-likeness (QED) is 0.269. The topological polar surface area (TPSA) is 94.1 Å². The van der Waals surface area contributed by atoms with Gasteiger partial charge in [-0.1, -0.05) is 60.7 Å². The first-order valence-electron chi connectivity index (χ1n) is 12.2. The first-order valence-corrected chi connectivity index (χ1v) is 12.2. The Morgan fingerprint density at radius 1 is 0.737 bits per heavy atom. The Labute approximate surface area is 221 Å². The first-order chi connectivity index (χ1) is 18.5. The molecule has 1 amide bonds. The molecule has 7 heteroatoms. The molecule has 0 saturated carbocycles. The fraction of sp³-hybridized carbons (Fsp3) is 0.161. The second-order valence-electron chi connectivity index (χ2n) is 8.61. The average Bonchev–Trinajstić information content (AvgIpc) is 2.96. The van der Waals surface area contributed by atoms with Gasteiger partial charge in [0.25, 0.3) is 5.91 Å². The predicted octanol–water partition coefficient (Wildman–Crippen LogP) is 5.28. The Hall–Kier alpha value is -4.78. The lowest BCUT2D eigenvalue weighted by Gasteiger charge is -2.15. The number of carboxylic acid groups (broad SMARTS) is 1. The van der Waals surface area contributed by atoms with Crippen LogP contribution in [0.5, 0.6) is 17.2 Å². The van der Waals surface area contributed by atoms with Crippen molar-refractivity contribution in [1.82, 2.24) is 5.32 Å². The van der Waals surface area contributed by atoms with E-state index >= 15 is 0 Å². The Morgan fingerprint density at radius 3 is 2.00 bits per heavy atom. The van der Waals surface area contributed by atoms with Crippen LogP contribution in [-0.4, -0.2) is 30.1 Å². The van der Waals surface area contributed by atoms with Crippen molar-refractivity contribution in [2.24, 2.45) is 0 Å². The Morgan fingerprint density at radius 2 is 1.34 bits per heavy atom. The summed E-state index contributed by atoms with van der Waals surface area (Å²) in [7, 11) is 1.60. The number of hydrogen-bond acceptors (Lipinski definition) is 5. The van der Waals surface area contributed by atoms with Crippen LogP contribution in [0.15, 0.2) is 103 Å². The van der Waals surface area contributed by atoms with Crippen LogP contribution in [0.1, 0.15) is 27.0 Å². The number of methoxy groups -OCH3 is 1. The number of carbonyl (C=O) groups is 2. The summed E-state index contributed by atoms with van der Waals surface area (Å²) < 4.78 is 16.9. The van der Waals surface area contributed by atoms with E-state index < -0.39 is 17.9 Å². The van der Waals surface area contributed by atoms with Gasteiger partial charge in [-0.25, -0.2) is 4.79 Å². The highest BCUT2D eigenvalue weighted by Gasteiger charge is 2.21. The summed E-state index contributed by atoms with van der Waals surface area (Å²) in [5, 5.41) is 12.3. The highest BCUT2D eigenvalue weighted by Crippen LogP contribution is 2.21. The molecule has 0 heterocycles. The number of carboxylic acids is 1. The third kappa shape index (κ3) is 7.36. The molecule has 0 fully saturated rings. The summed E-state index contributed by atoms with van der Waals surface area (Å²) >= 11 is 0. The third-order valence-electron chi connectivity index (χ3n) is 5.92. The van der Waals surface area contributed by atoms with E-state index in [-0.39, 0.29) is 6.42 Å². The van der Waals surface area contributed by atoms with Crippen molar-refractivity contribution >= 4 is 11.9 Å². The molecule has 1 atom stereocenters. The van der Waals surface area contributed by atoms with Crippen LogP contribution in [0, 0.1) is 0 Å². The van der Waals surface area contributed by atoms with E-state index in [2.05, 4.69) is 5.32 Å². The minimum atomic E-state index is -1.11. The van der Waals surface area contributed by atoms with Crippen molar-refractivity contribution in [3.05, 3.63) is 125 Å². The molecule has 4 rings (SSSR count). The molecule has 4 aromatic carbocycles. The number of aliphatic carboxylic acids is 1. The van der Waals surface area contributed by atoms with Gasteiger partial charge in [0.05, 0.1) is 7.11 Å². The smallest absolute Gasteiger partial charge is 0.326 e. The van der Waals surface area contributed by atoms with Gasteiger partial charge >= 0.3 is 5.97 Å². The lowest BCUT2D eigenvalue weighted by Crippen LogP contribution is -2.42. The number of carbonyl (C=O) groups excluding carboxylic acids is 1. The molecule has 0 spiro atoms. The zero-order valence-electron chi connectivity index (χ0n) is 21.0. The fourth-order valence-electron chi connectivity index (χ4n) is 3.83. The lowest BCUT2D eigenvalue weighted by molar-refractivity contribution is -0.139. The summed E-state index contributed by atoms with van der Waals surface area (Å²) in [4.78, 5) is 24.6. The van der Waals surface area contributed by atoms with Crippen LogP contribution in [-0.2, 0) is 24.4 Å². The van der Waals surface area contributed by atoms with Gasteiger partial charge in [-0.2, -0.15) is 0 Å². The molecular formula is C31H29NO6. The molecule has 0 aliphatic rings. The predicted molar refractivity (Wildman–Crippen MR) is 144 cm³/mol. The number of hydrogen-bond donors (Lipinski definition) is 2. The standard InChI is InChI=1S/C31H29NO6/c1-36-29-10-6-5-9-25(29)21-38-27-17-13-24(14-18-27)30(33)32-28(31(34)35)19-22-11-15-26(16-12-22)37-20-23-7-3-2-4-8-23/h2-18,28H,19-21H2,1H3,(H,32,33)(H,34,35)/t28-/m0/s1. The van der Waals surface area contributed by atoms with Gasteiger partial charge in [0.1, 0.15) is 36.5 Å². The van der Waals surface area contributed by atoms with Gasteiger partial charge in [-0.3, -0.25) is 4.79 Å². The monoisotopic (exact) mass is 511 g/mol. The molecular weight excluding hydrogens is 482 g/mol. The summed E-state index contributed by atoms with van der Waals surface area (Å²) in [6, 6.07) is 30.0. The molecule has 7 nitrogen and oxygen atoms in total. The maximum atomic E-state index is 12.7. The minimum Gasteiger partial charge on any atom is -0.496 e. The zero-order valence-corrected chi connectivity index (χ0v) is 21.0. The van der Waals surface area contributed by atoms with Gasteiger partial charge in [0.15, 0.2) is 0 Å². The molecule has 2 N–H and O–H groups in total. The molecule has 0 aliphatic heterocycles. The molecule has 0 aromatic heterocycles. The van der Waals surface area contributed by atoms with Crippen molar-refractivity contribution in [2.45, 2.75) is 25.7 Å².